The van der Waals surface area contributed by atoms with Gasteiger partial charge in [0.1, 0.15) is 41.0 Å². The molecule has 2 aromatic carbocycles. The molecule has 4 aromatic rings. The number of nitrogens with zero attached hydrogens (tertiary/aromatic N) is 5. The maximum absolute atomic E-state index is 17.3. The van der Waals surface area contributed by atoms with Crippen molar-refractivity contribution in [3.8, 4) is 23.2 Å². The van der Waals surface area contributed by atoms with Crippen molar-refractivity contribution in [1.82, 2.24) is 20.2 Å². The van der Waals surface area contributed by atoms with Crippen molar-refractivity contribution >= 4 is 43.1 Å². The van der Waals surface area contributed by atoms with E-state index in [1.165, 1.54) is 17.4 Å². The zero-order valence-corrected chi connectivity index (χ0v) is 25.9. The second kappa shape index (κ2) is 10.4. The summed E-state index contributed by atoms with van der Waals surface area (Å²) in [5.41, 5.74) is 7.10. The molecule has 2 unspecified atom stereocenters. The van der Waals surface area contributed by atoms with Gasteiger partial charge in [0.15, 0.2) is 5.82 Å². The van der Waals surface area contributed by atoms with Crippen LogP contribution in [0, 0.1) is 23.0 Å². The third-order valence-electron chi connectivity index (χ3n) is 10.8. The second-order valence-electron chi connectivity index (χ2n) is 13.3. The van der Waals surface area contributed by atoms with Crippen molar-refractivity contribution in [2.45, 2.75) is 69.1 Å². The van der Waals surface area contributed by atoms with E-state index in [0.717, 1.165) is 45.3 Å². The summed E-state index contributed by atoms with van der Waals surface area (Å²) in [5.74, 6) is -0.795. The van der Waals surface area contributed by atoms with Gasteiger partial charge in [-0.3, -0.25) is 4.90 Å². The van der Waals surface area contributed by atoms with Gasteiger partial charge in [0, 0.05) is 59.4 Å². The molecule has 4 fully saturated rings. The molecule has 0 amide bonds. The van der Waals surface area contributed by atoms with Crippen LogP contribution in [0.2, 0.25) is 0 Å². The number of fused-ring (bicyclic) bond motifs is 7. The smallest absolute Gasteiger partial charge is 0.319 e. The van der Waals surface area contributed by atoms with Crippen molar-refractivity contribution in [3.05, 3.63) is 40.5 Å². The lowest BCUT2D eigenvalue weighted by Crippen LogP contribution is -2.52. The lowest BCUT2D eigenvalue weighted by atomic mass is 9.90. The normalized spacial score (nSPS) is 27.1. The van der Waals surface area contributed by atoms with Crippen LogP contribution in [0.4, 0.5) is 24.0 Å². The summed E-state index contributed by atoms with van der Waals surface area (Å²) in [4.78, 5) is 14.1. The number of ether oxygens (including phenoxy) is 2. The van der Waals surface area contributed by atoms with Gasteiger partial charge in [-0.05, 0) is 55.5 Å². The van der Waals surface area contributed by atoms with Crippen LogP contribution >= 0.6 is 11.3 Å². The highest BCUT2D eigenvalue weighted by molar-refractivity contribution is 7.23. The van der Waals surface area contributed by atoms with E-state index in [1.54, 1.807) is 6.07 Å². The fourth-order valence-corrected chi connectivity index (χ4v) is 9.74. The highest BCUT2D eigenvalue weighted by Crippen LogP contribution is 2.49. The van der Waals surface area contributed by atoms with Crippen molar-refractivity contribution < 1.29 is 22.6 Å². The van der Waals surface area contributed by atoms with Crippen molar-refractivity contribution in [1.29, 1.82) is 5.26 Å². The van der Waals surface area contributed by atoms with E-state index in [1.807, 2.05) is 0 Å². The Labute approximate surface area is 267 Å². The van der Waals surface area contributed by atoms with E-state index in [-0.39, 0.29) is 70.5 Å². The zero-order chi connectivity index (χ0) is 31.3. The van der Waals surface area contributed by atoms with Gasteiger partial charge in [0.05, 0.1) is 29.7 Å². The predicted molar refractivity (Wildman–Crippen MR) is 169 cm³/mol. The Kier molecular flexibility index (Phi) is 6.45. The number of nitriles is 1. The van der Waals surface area contributed by atoms with Gasteiger partial charge in [0.25, 0.3) is 0 Å². The van der Waals surface area contributed by atoms with Gasteiger partial charge in [-0.1, -0.05) is 0 Å². The Balaban J connectivity index is 1.28. The van der Waals surface area contributed by atoms with Crippen LogP contribution in [0.5, 0.6) is 6.01 Å². The molecule has 7 heterocycles. The molecule has 46 heavy (non-hydrogen) atoms. The second-order valence-corrected chi connectivity index (χ2v) is 14.3. The molecule has 2 bridgehead atoms. The lowest BCUT2D eigenvalue weighted by molar-refractivity contribution is 0.107. The zero-order valence-electron chi connectivity index (χ0n) is 25.0. The number of hydrogen-bond acceptors (Lipinski definition) is 10. The van der Waals surface area contributed by atoms with Crippen LogP contribution in [0.3, 0.4) is 0 Å². The van der Waals surface area contributed by atoms with Crippen LogP contribution in [-0.4, -0.2) is 71.4 Å². The van der Waals surface area contributed by atoms with Crippen LogP contribution in [0.15, 0.2) is 12.1 Å². The Morgan fingerprint density at radius 1 is 1.13 bits per heavy atom. The third-order valence-corrected chi connectivity index (χ3v) is 11.8. The molecular weight excluding hydrogens is 615 g/mol. The molecule has 5 aliphatic rings. The fourth-order valence-electron chi connectivity index (χ4n) is 8.82. The number of nitrogen functional groups attached to an aromatic ring is 1. The SMILES string of the molecule is N#Cc1c(N)sc2ccc(F)c(-c3c4c(c5c(N6C7CCC6CNC7)nc(OC[C@@]67CCCN6C[C@H](F)C7)nc5c3F)COC4)c12. The number of anilines is 2. The molecule has 13 heteroatoms. The molecule has 4 atom stereocenters. The van der Waals surface area contributed by atoms with E-state index < -0.39 is 23.3 Å². The molecule has 5 aliphatic heterocycles. The van der Waals surface area contributed by atoms with Crippen LogP contribution in [-0.2, 0) is 18.0 Å². The molecule has 0 spiro atoms. The molecule has 2 aromatic heterocycles. The molecule has 4 saturated heterocycles. The average Bonchev–Trinajstić information content (AvgIpc) is 3.84. The summed E-state index contributed by atoms with van der Waals surface area (Å²) >= 11 is 1.17. The minimum absolute atomic E-state index is 0.0175. The number of hydrogen-bond donors (Lipinski definition) is 2. The first-order valence-corrected chi connectivity index (χ1v) is 16.7. The summed E-state index contributed by atoms with van der Waals surface area (Å²) in [6.07, 6.45) is 3.18. The number of aromatic nitrogens is 2. The minimum atomic E-state index is -0.918. The van der Waals surface area contributed by atoms with E-state index in [2.05, 4.69) is 26.2 Å². The number of halogens is 3. The standard InChI is InChI=1S/C33H32F3N7O2S/c34-16-8-33(6-1-7-42(33)12-16)15-45-32-40-29-26(31(41-32)43-17-2-3-18(43)11-39-10-17)21-14-44-13-20(21)25(28(29)36)27-22(35)4-5-23-24(27)19(9-37)30(38)46-23/h4-5,16-18,39H,1-3,6-8,10-15,38H2/t16-,17?,18?,33+/m1/s1. The molecule has 3 N–H and O–H groups in total. The number of nitrogens with two attached hydrogens (primary N) is 1. The first-order valence-electron chi connectivity index (χ1n) is 15.9. The summed E-state index contributed by atoms with van der Waals surface area (Å²) < 4.78 is 60.7. The number of alkyl halides is 1. The number of nitrogens with one attached hydrogen (secondary N) is 1. The van der Waals surface area contributed by atoms with Gasteiger partial charge >= 0.3 is 6.01 Å². The largest absolute Gasteiger partial charge is 0.461 e. The van der Waals surface area contributed by atoms with Crippen LogP contribution in [0.25, 0.3) is 32.1 Å². The summed E-state index contributed by atoms with van der Waals surface area (Å²) in [7, 11) is 0. The quantitative estimate of drug-likeness (QED) is 0.303. The van der Waals surface area contributed by atoms with E-state index >= 15 is 8.78 Å². The van der Waals surface area contributed by atoms with Gasteiger partial charge in [0.2, 0.25) is 0 Å². The number of thiophene rings is 1. The Morgan fingerprint density at radius 2 is 1.93 bits per heavy atom. The monoisotopic (exact) mass is 647 g/mol. The van der Waals surface area contributed by atoms with E-state index in [4.69, 9.17) is 20.2 Å². The van der Waals surface area contributed by atoms with Crippen molar-refractivity contribution in [2.24, 2.45) is 0 Å². The topological polar surface area (TPSA) is 113 Å². The first-order chi connectivity index (χ1) is 22.4. The van der Waals surface area contributed by atoms with Crippen molar-refractivity contribution in [3.63, 3.8) is 0 Å². The summed E-state index contributed by atoms with van der Waals surface area (Å²) in [6, 6.07) is 5.29. The third kappa shape index (κ3) is 4.03. The minimum Gasteiger partial charge on any atom is -0.461 e. The summed E-state index contributed by atoms with van der Waals surface area (Å²) in [5, 5.41) is 14.5. The molecule has 9 rings (SSSR count). The Hall–Kier alpha value is -3.70. The molecule has 0 saturated carbocycles. The van der Waals surface area contributed by atoms with Gasteiger partial charge in [-0.2, -0.15) is 15.2 Å². The maximum Gasteiger partial charge on any atom is 0.319 e. The van der Waals surface area contributed by atoms with E-state index in [0.29, 0.717) is 40.0 Å². The first kappa shape index (κ1) is 28.5. The molecule has 238 valence electrons. The predicted octanol–water partition coefficient (Wildman–Crippen LogP) is 5.17. The highest BCUT2D eigenvalue weighted by atomic mass is 32.1. The fraction of sp³-hybridized carbons (Fsp3) is 0.485. The highest BCUT2D eigenvalue weighted by Gasteiger charge is 2.49. The van der Waals surface area contributed by atoms with E-state index in [9.17, 15) is 9.65 Å². The summed E-state index contributed by atoms with van der Waals surface area (Å²) in [6.45, 7) is 3.20. The molecule has 9 nitrogen and oxygen atoms in total. The molecular formula is C33H32F3N7O2S. The van der Waals surface area contributed by atoms with Gasteiger partial charge < -0.3 is 25.4 Å². The Morgan fingerprint density at radius 3 is 2.74 bits per heavy atom. The Bertz CT molecular complexity index is 1970. The average molecular weight is 648 g/mol. The number of benzene rings is 2. The van der Waals surface area contributed by atoms with Crippen LogP contribution < -0.4 is 20.7 Å². The molecule has 0 aliphatic carbocycles. The maximum atomic E-state index is 17.3. The number of piperazine rings is 1. The lowest BCUT2D eigenvalue weighted by Gasteiger charge is -2.37. The molecule has 0 radical (unpaired) electrons. The van der Waals surface area contributed by atoms with Gasteiger partial charge in [-0.25, -0.2) is 13.2 Å². The van der Waals surface area contributed by atoms with Crippen molar-refractivity contribution in [2.75, 3.05) is 43.4 Å². The van der Waals surface area contributed by atoms with Crippen LogP contribution in [0.1, 0.15) is 48.8 Å². The van der Waals surface area contributed by atoms with Gasteiger partial charge in [-0.15, -0.1) is 11.3 Å². The number of rotatable bonds is 5.